The first-order valence-electron chi connectivity index (χ1n) is 5.87. The van der Waals surface area contributed by atoms with Crippen LogP contribution < -0.4 is 11.6 Å². The van der Waals surface area contributed by atoms with Crippen LogP contribution in [0.3, 0.4) is 0 Å². The molecule has 2 atom stereocenters. The van der Waals surface area contributed by atoms with E-state index >= 15 is 0 Å². The molecule has 0 aliphatic rings. The molecule has 0 aromatic carbocycles. The highest BCUT2D eigenvalue weighted by Crippen LogP contribution is 2.12. The molecule has 0 aromatic rings. The molecule has 0 unspecified atom stereocenters. The van der Waals surface area contributed by atoms with Crippen LogP contribution in [0, 0.1) is 5.92 Å². The van der Waals surface area contributed by atoms with E-state index in [1.165, 1.54) is 21.1 Å². The van der Waals surface area contributed by atoms with Crippen molar-refractivity contribution in [3.63, 3.8) is 0 Å². The van der Waals surface area contributed by atoms with E-state index in [0.29, 0.717) is 6.42 Å². The molecule has 0 heterocycles. The van der Waals surface area contributed by atoms with Crippen molar-refractivity contribution in [1.82, 2.24) is 10.1 Å². The van der Waals surface area contributed by atoms with Gasteiger partial charge in [0.15, 0.2) is 0 Å². The summed E-state index contributed by atoms with van der Waals surface area (Å²) in [6, 6.07) is -1.52. The number of amides is 2. The van der Waals surface area contributed by atoms with Gasteiger partial charge in [0.25, 0.3) is 11.8 Å². The molecule has 0 saturated heterocycles. The Morgan fingerprint density at radius 3 is 2.06 bits per heavy atom. The monoisotopic (exact) mass is 260 g/mol. The molecule has 0 rings (SSSR count). The van der Waals surface area contributed by atoms with Crippen molar-refractivity contribution in [2.75, 3.05) is 14.2 Å². The van der Waals surface area contributed by atoms with Crippen molar-refractivity contribution >= 4 is 11.8 Å². The fraction of sp³-hybridized carbons (Fsp3) is 0.818. The first-order valence-corrected chi connectivity index (χ1v) is 5.87. The molecule has 7 nitrogen and oxygen atoms in total. The van der Waals surface area contributed by atoms with E-state index in [0.717, 1.165) is 10.1 Å². The fourth-order valence-corrected chi connectivity index (χ4v) is 1.47. The van der Waals surface area contributed by atoms with Crippen molar-refractivity contribution in [3.8, 4) is 0 Å². The molecular formula is C11H24N4O3. The number of carbonyl (C=O) groups is 2. The van der Waals surface area contributed by atoms with E-state index in [4.69, 9.17) is 16.4 Å². The predicted molar refractivity (Wildman–Crippen MR) is 67.7 cm³/mol. The number of nitrogens with zero attached hydrogens (tertiary/aromatic N) is 2. The van der Waals surface area contributed by atoms with Crippen molar-refractivity contribution < 1.29 is 14.4 Å². The van der Waals surface area contributed by atoms with Gasteiger partial charge in [-0.05, 0) is 19.3 Å². The van der Waals surface area contributed by atoms with Crippen LogP contribution in [0.4, 0.5) is 0 Å². The number of rotatable bonds is 6. The summed E-state index contributed by atoms with van der Waals surface area (Å²) in [5.74, 6) is 5.06. The summed E-state index contributed by atoms with van der Waals surface area (Å²) in [6.07, 6.45) is 0.446. The van der Waals surface area contributed by atoms with Gasteiger partial charge in [-0.3, -0.25) is 19.4 Å². The molecule has 0 aliphatic heterocycles. The fourth-order valence-electron chi connectivity index (χ4n) is 1.47. The predicted octanol–water partition coefficient (Wildman–Crippen LogP) is -0.530. The standard InChI is InChI=1S/C11H24N4O3/c1-7(2)6-9(11(17)14(4)18-5)15(13)10(16)8(3)12/h7-9H,6,12-13H2,1-5H3/t8-,9-/m0/s1. The highest BCUT2D eigenvalue weighted by Gasteiger charge is 2.32. The van der Waals surface area contributed by atoms with Crippen LogP contribution in [-0.4, -0.2) is 48.1 Å². The number of hydrogen-bond acceptors (Lipinski definition) is 5. The second-order valence-electron chi connectivity index (χ2n) is 4.70. The van der Waals surface area contributed by atoms with E-state index < -0.39 is 18.0 Å². The van der Waals surface area contributed by atoms with Gasteiger partial charge in [0, 0.05) is 7.05 Å². The molecule has 2 amide bonds. The summed E-state index contributed by atoms with van der Waals surface area (Å²) in [7, 11) is 2.85. The molecule has 0 aliphatic carbocycles. The van der Waals surface area contributed by atoms with E-state index in [2.05, 4.69) is 0 Å². The van der Waals surface area contributed by atoms with Crippen molar-refractivity contribution in [2.24, 2.45) is 17.5 Å². The van der Waals surface area contributed by atoms with Crippen molar-refractivity contribution in [1.29, 1.82) is 0 Å². The van der Waals surface area contributed by atoms with Gasteiger partial charge in [-0.25, -0.2) is 10.9 Å². The first kappa shape index (κ1) is 16.8. The minimum absolute atomic E-state index is 0.205. The van der Waals surface area contributed by atoms with Crippen LogP contribution >= 0.6 is 0 Å². The van der Waals surface area contributed by atoms with Gasteiger partial charge in [-0.2, -0.15) is 0 Å². The minimum atomic E-state index is -0.770. The van der Waals surface area contributed by atoms with E-state index in [1.54, 1.807) is 0 Å². The van der Waals surface area contributed by atoms with Gasteiger partial charge in [-0.15, -0.1) is 0 Å². The Kier molecular flexibility index (Phi) is 6.82. The molecule has 7 heteroatoms. The average molecular weight is 260 g/mol. The maximum absolute atomic E-state index is 12.1. The van der Waals surface area contributed by atoms with E-state index in [1.807, 2.05) is 13.8 Å². The normalized spacial score (nSPS) is 14.2. The lowest BCUT2D eigenvalue weighted by atomic mass is 10.0. The molecule has 0 radical (unpaired) electrons. The molecule has 0 fully saturated rings. The van der Waals surface area contributed by atoms with Gasteiger partial charge in [-0.1, -0.05) is 13.8 Å². The average Bonchev–Trinajstić information content (AvgIpc) is 2.31. The van der Waals surface area contributed by atoms with Crippen LogP contribution in [0.25, 0.3) is 0 Å². The lowest BCUT2D eigenvalue weighted by molar-refractivity contribution is -0.177. The summed E-state index contributed by atoms with van der Waals surface area (Å²) in [6.45, 7) is 5.41. The zero-order valence-electron chi connectivity index (χ0n) is 11.7. The Morgan fingerprint density at radius 1 is 1.22 bits per heavy atom. The molecule has 0 spiro atoms. The third kappa shape index (κ3) is 4.59. The Bertz CT molecular complexity index is 294. The van der Waals surface area contributed by atoms with Crippen LogP contribution in [0.2, 0.25) is 0 Å². The Labute approximate surface area is 108 Å². The van der Waals surface area contributed by atoms with Gasteiger partial charge in [0.05, 0.1) is 13.2 Å². The van der Waals surface area contributed by atoms with Crippen LogP contribution in [-0.2, 0) is 14.4 Å². The molecule has 0 bridgehead atoms. The lowest BCUT2D eigenvalue weighted by Crippen LogP contribution is -2.57. The summed E-state index contributed by atoms with van der Waals surface area (Å²) >= 11 is 0. The number of likely N-dealkylation sites (N-methyl/N-ethyl adjacent to an activating group) is 1. The van der Waals surface area contributed by atoms with E-state index in [-0.39, 0.29) is 11.8 Å². The molecule has 0 saturated carbocycles. The molecule has 4 N–H and O–H groups in total. The number of hydrogen-bond donors (Lipinski definition) is 2. The lowest BCUT2D eigenvalue weighted by Gasteiger charge is -2.31. The minimum Gasteiger partial charge on any atom is -0.320 e. The number of carbonyl (C=O) groups excluding carboxylic acids is 2. The highest BCUT2D eigenvalue weighted by atomic mass is 16.7. The van der Waals surface area contributed by atoms with Crippen molar-refractivity contribution in [3.05, 3.63) is 0 Å². The zero-order valence-corrected chi connectivity index (χ0v) is 11.7. The maximum Gasteiger partial charge on any atom is 0.270 e. The molecule has 0 aromatic heterocycles. The Morgan fingerprint density at radius 2 is 1.72 bits per heavy atom. The number of nitrogens with two attached hydrogens (primary N) is 2. The summed E-state index contributed by atoms with van der Waals surface area (Å²) < 4.78 is 0. The molecule has 18 heavy (non-hydrogen) atoms. The molecular weight excluding hydrogens is 236 g/mol. The summed E-state index contributed by atoms with van der Waals surface area (Å²) in [4.78, 5) is 28.6. The largest absolute Gasteiger partial charge is 0.320 e. The van der Waals surface area contributed by atoms with Gasteiger partial charge in [0.2, 0.25) is 0 Å². The quantitative estimate of drug-likeness (QED) is 0.380. The third-order valence-electron chi connectivity index (χ3n) is 2.54. The molecule has 106 valence electrons. The second-order valence-corrected chi connectivity index (χ2v) is 4.70. The SMILES string of the molecule is CON(C)C(=O)[C@H](CC(C)C)N(N)C(=O)[C@H](C)N. The second kappa shape index (κ2) is 7.30. The Hall–Kier alpha value is -1.18. The van der Waals surface area contributed by atoms with Crippen LogP contribution in [0.5, 0.6) is 0 Å². The summed E-state index contributed by atoms with van der Waals surface area (Å²) in [5.41, 5.74) is 5.49. The third-order valence-corrected chi connectivity index (χ3v) is 2.54. The van der Waals surface area contributed by atoms with Crippen molar-refractivity contribution in [2.45, 2.75) is 39.3 Å². The Balaban J connectivity index is 4.99. The smallest absolute Gasteiger partial charge is 0.270 e. The van der Waals surface area contributed by atoms with Gasteiger partial charge >= 0.3 is 0 Å². The summed E-state index contributed by atoms with van der Waals surface area (Å²) in [5, 5.41) is 1.96. The zero-order chi connectivity index (χ0) is 14.5. The number of hydroxylamine groups is 2. The first-order chi connectivity index (χ1) is 8.22. The van der Waals surface area contributed by atoms with Gasteiger partial charge < -0.3 is 5.73 Å². The number of hydrazine groups is 1. The van der Waals surface area contributed by atoms with Crippen LogP contribution in [0.15, 0.2) is 0 Å². The maximum atomic E-state index is 12.1. The topological polar surface area (TPSA) is 102 Å². The van der Waals surface area contributed by atoms with E-state index in [9.17, 15) is 9.59 Å². The van der Waals surface area contributed by atoms with Gasteiger partial charge in [0.1, 0.15) is 6.04 Å². The highest BCUT2D eigenvalue weighted by molar-refractivity contribution is 5.88. The van der Waals surface area contributed by atoms with Crippen LogP contribution in [0.1, 0.15) is 27.2 Å².